The lowest BCUT2D eigenvalue weighted by Gasteiger charge is -2.34. The highest BCUT2D eigenvalue weighted by atomic mass is 19.4. The van der Waals surface area contributed by atoms with Gasteiger partial charge in [-0.1, -0.05) is 12.1 Å². The summed E-state index contributed by atoms with van der Waals surface area (Å²) in [6.07, 6.45) is 0.278. The highest BCUT2D eigenvalue weighted by Crippen LogP contribution is 2.36. The third-order valence-electron chi connectivity index (χ3n) is 7.27. The first-order chi connectivity index (χ1) is 21.7. The van der Waals surface area contributed by atoms with E-state index in [1.54, 1.807) is 59.4 Å². The van der Waals surface area contributed by atoms with Crippen LogP contribution in [0.25, 0.3) is 11.4 Å². The number of pyridine rings is 3. The molecule has 1 aliphatic heterocycles. The van der Waals surface area contributed by atoms with Gasteiger partial charge in [-0.2, -0.15) is 18.3 Å². The molecule has 0 aromatic carbocycles. The molecule has 0 aliphatic carbocycles. The third-order valence-corrected chi connectivity index (χ3v) is 7.27. The van der Waals surface area contributed by atoms with E-state index in [-0.39, 0.29) is 17.9 Å². The predicted molar refractivity (Wildman–Crippen MR) is 162 cm³/mol. The minimum Gasteiger partial charge on any atom is -0.382 e. The number of amides is 1. The van der Waals surface area contributed by atoms with Gasteiger partial charge in [-0.15, -0.1) is 0 Å². The van der Waals surface area contributed by atoms with Crippen molar-refractivity contribution in [1.82, 2.24) is 29.6 Å². The standard InChI is InChI=1S/C31H35F3N8O3/c1-40-10-12-41(13-11-40)29-24(31(32,33)34)19-22(20-36-29)18-23-6-5-8-26(37-23)30(43)38-27-21-42(14-15-45-17-16-44-2)39-28(27)25-7-3-4-9-35-25/h3-9,19-21H,10-18H2,1-2H3,(H,38,43). The molecule has 0 radical (unpaired) electrons. The monoisotopic (exact) mass is 624 g/mol. The summed E-state index contributed by atoms with van der Waals surface area (Å²) in [5.41, 5.74) is 1.58. The Kier molecular flexibility index (Phi) is 10.4. The summed E-state index contributed by atoms with van der Waals surface area (Å²) in [5, 5.41) is 7.46. The number of carbonyl (C=O) groups is 1. The van der Waals surface area contributed by atoms with E-state index in [0.29, 0.717) is 80.9 Å². The van der Waals surface area contributed by atoms with Gasteiger partial charge in [0.2, 0.25) is 0 Å². The Labute approximate surface area is 259 Å². The van der Waals surface area contributed by atoms with Gasteiger partial charge in [0.05, 0.1) is 43.3 Å². The lowest BCUT2D eigenvalue weighted by molar-refractivity contribution is -0.137. The molecule has 11 nitrogen and oxygen atoms in total. The van der Waals surface area contributed by atoms with Crippen molar-refractivity contribution in [2.45, 2.75) is 19.1 Å². The van der Waals surface area contributed by atoms with Crippen molar-refractivity contribution in [3.8, 4) is 11.4 Å². The molecule has 0 saturated carbocycles. The maximum Gasteiger partial charge on any atom is 0.419 e. The van der Waals surface area contributed by atoms with Gasteiger partial charge in [0.25, 0.3) is 5.91 Å². The number of ether oxygens (including phenoxy) is 2. The number of anilines is 2. The molecule has 1 fully saturated rings. The van der Waals surface area contributed by atoms with Crippen LogP contribution in [0.3, 0.4) is 0 Å². The smallest absolute Gasteiger partial charge is 0.382 e. The summed E-state index contributed by atoms with van der Waals surface area (Å²) in [6.45, 7) is 4.01. The molecule has 14 heteroatoms. The number of piperazine rings is 1. The van der Waals surface area contributed by atoms with Gasteiger partial charge in [0.1, 0.15) is 17.2 Å². The van der Waals surface area contributed by atoms with Crippen LogP contribution >= 0.6 is 0 Å². The first-order valence-corrected chi connectivity index (χ1v) is 14.5. The number of alkyl halides is 3. The number of nitrogens with one attached hydrogen (secondary N) is 1. The zero-order chi connectivity index (χ0) is 31.8. The van der Waals surface area contributed by atoms with E-state index >= 15 is 0 Å². The Morgan fingerprint density at radius 1 is 1.02 bits per heavy atom. The largest absolute Gasteiger partial charge is 0.419 e. The average Bonchev–Trinajstić information content (AvgIpc) is 3.44. The number of methoxy groups -OCH3 is 1. The van der Waals surface area contributed by atoms with E-state index < -0.39 is 17.6 Å². The fourth-order valence-electron chi connectivity index (χ4n) is 4.90. The first-order valence-electron chi connectivity index (χ1n) is 14.5. The molecule has 1 N–H and O–H groups in total. The summed E-state index contributed by atoms with van der Waals surface area (Å²) < 4.78 is 54.4. The van der Waals surface area contributed by atoms with E-state index in [9.17, 15) is 18.0 Å². The van der Waals surface area contributed by atoms with Crippen molar-refractivity contribution < 1.29 is 27.4 Å². The van der Waals surface area contributed by atoms with Gasteiger partial charge in [-0.25, -0.2) is 9.97 Å². The van der Waals surface area contributed by atoms with Crippen LogP contribution in [0.5, 0.6) is 0 Å². The van der Waals surface area contributed by atoms with E-state index in [2.05, 4.69) is 30.3 Å². The number of hydrogen-bond acceptors (Lipinski definition) is 9. The highest BCUT2D eigenvalue weighted by molar-refractivity contribution is 6.04. The molecule has 5 heterocycles. The molecule has 1 aliphatic rings. The number of hydrogen-bond donors (Lipinski definition) is 1. The van der Waals surface area contributed by atoms with Gasteiger partial charge in [0.15, 0.2) is 0 Å². The quantitative estimate of drug-likeness (QED) is 0.234. The molecule has 238 valence electrons. The molecule has 0 spiro atoms. The highest BCUT2D eigenvalue weighted by Gasteiger charge is 2.36. The molecule has 1 amide bonds. The first kappa shape index (κ1) is 32.0. The second-order valence-electron chi connectivity index (χ2n) is 10.6. The van der Waals surface area contributed by atoms with E-state index in [0.717, 1.165) is 6.07 Å². The fourth-order valence-corrected chi connectivity index (χ4v) is 4.90. The minimum atomic E-state index is -4.57. The van der Waals surface area contributed by atoms with Crippen molar-refractivity contribution in [2.75, 3.05) is 70.4 Å². The van der Waals surface area contributed by atoms with Crippen LogP contribution in [0.4, 0.5) is 24.7 Å². The number of rotatable bonds is 12. The zero-order valence-corrected chi connectivity index (χ0v) is 25.1. The van der Waals surface area contributed by atoms with Crippen LogP contribution < -0.4 is 10.2 Å². The van der Waals surface area contributed by atoms with E-state index in [1.165, 1.54) is 6.20 Å². The lowest BCUT2D eigenvalue weighted by atomic mass is 10.1. The summed E-state index contributed by atoms with van der Waals surface area (Å²) in [5.74, 6) is -0.560. The Morgan fingerprint density at radius 2 is 1.84 bits per heavy atom. The van der Waals surface area contributed by atoms with Crippen molar-refractivity contribution in [3.63, 3.8) is 0 Å². The van der Waals surface area contributed by atoms with Crippen LogP contribution in [0.1, 0.15) is 27.3 Å². The van der Waals surface area contributed by atoms with E-state index in [1.807, 2.05) is 13.1 Å². The average molecular weight is 625 g/mol. The van der Waals surface area contributed by atoms with Crippen LogP contribution in [0.2, 0.25) is 0 Å². The van der Waals surface area contributed by atoms with E-state index in [4.69, 9.17) is 9.47 Å². The summed E-state index contributed by atoms with van der Waals surface area (Å²) in [7, 11) is 3.54. The maximum absolute atomic E-state index is 14.1. The summed E-state index contributed by atoms with van der Waals surface area (Å²) in [6, 6.07) is 11.4. The molecule has 0 bridgehead atoms. The van der Waals surface area contributed by atoms with Gasteiger partial charge in [-0.3, -0.25) is 14.5 Å². The van der Waals surface area contributed by atoms with Crippen LogP contribution in [-0.2, 0) is 28.6 Å². The molecule has 5 rings (SSSR count). The lowest BCUT2D eigenvalue weighted by Crippen LogP contribution is -2.45. The molecule has 4 aromatic heterocycles. The van der Waals surface area contributed by atoms with Crippen molar-refractivity contribution in [2.24, 2.45) is 0 Å². The SMILES string of the molecule is COCCOCCn1cc(NC(=O)c2cccc(Cc3cnc(N4CCN(C)CC4)c(C(F)(F)F)c3)n2)c(-c2ccccn2)n1. The number of aromatic nitrogens is 5. The number of carbonyl (C=O) groups excluding carboxylic acids is 1. The number of likely N-dealkylation sites (N-methyl/N-ethyl adjacent to an activating group) is 1. The fraction of sp³-hybridized carbons (Fsp3) is 0.387. The Morgan fingerprint density at radius 3 is 2.58 bits per heavy atom. The molecule has 4 aromatic rings. The Balaban J connectivity index is 1.32. The van der Waals surface area contributed by atoms with Crippen molar-refractivity contribution >= 4 is 17.4 Å². The second-order valence-corrected chi connectivity index (χ2v) is 10.6. The molecular formula is C31H35F3N8O3. The number of halogens is 3. The van der Waals surface area contributed by atoms with Gasteiger partial charge in [0, 0.05) is 64.0 Å². The van der Waals surface area contributed by atoms with Gasteiger partial charge in [-0.05, 0) is 42.9 Å². The molecule has 0 atom stereocenters. The maximum atomic E-state index is 14.1. The predicted octanol–water partition coefficient (Wildman–Crippen LogP) is 4.01. The van der Waals surface area contributed by atoms with Crippen molar-refractivity contribution in [3.05, 3.63) is 83.6 Å². The Hall–Kier alpha value is -4.40. The second kappa shape index (κ2) is 14.6. The summed E-state index contributed by atoms with van der Waals surface area (Å²) >= 11 is 0. The summed E-state index contributed by atoms with van der Waals surface area (Å²) in [4.78, 5) is 30.1. The topological polar surface area (TPSA) is 111 Å². The van der Waals surface area contributed by atoms with Crippen molar-refractivity contribution in [1.29, 1.82) is 0 Å². The van der Waals surface area contributed by atoms with Crippen LogP contribution in [-0.4, -0.2) is 95.7 Å². The van der Waals surface area contributed by atoms with Gasteiger partial charge >= 0.3 is 6.18 Å². The van der Waals surface area contributed by atoms with Crippen LogP contribution in [0, 0.1) is 0 Å². The minimum absolute atomic E-state index is 0.0637. The molecule has 0 unspecified atom stereocenters. The molecule has 1 saturated heterocycles. The Bertz CT molecular complexity index is 1570. The molecule has 45 heavy (non-hydrogen) atoms. The zero-order valence-electron chi connectivity index (χ0n) is 25.1. The third kappa shape index (κ3) is 8.41. The van der Waals surface area contributed by atoms with Gasteiger partial charge < -0.3 is 24.6 Å². The normalized spacial score (nSPS) is 14.1. The molecular weight excluding hydrogens is 589 g/mol. The van der Waals surface area contributed by atoms with Crippen LogP contribution in [0.15, 0.2) is 61.1 Å². The number of nitrogens with zero attached hydrogens (tertiary/aromatic N) is 7.